The average Bonchev–Trinajstić information content (AvgIpc) is 3.65. The number of amides is 1. The van der Waals surface area contributed by atoms with Gasteiger partial charge in [-0.3, -0.25) is 19.4 Å². The number of hydrogen-bond acceptors (Lipinski definition) is 7. The molecule has 1 amide bonds. The summed E-state index contributed by atoms with van der Waals surface area (Å²) in [6.45, 7) is 6.73. The molecular weight excluding hydrogens is 514 g/mol. The van der Waals surface area contributed by atoms with Crippen LogP contribution in [0.2, 0.25) is 0 Å². The Balaban J connectivity index is 1.14. The van der Waals surface area contributed by atoms with Crippen LogP contribution in [0.4, 0.5) is 11.5 Å². The van der Waals surface area contributed by atoms with Crippen LogP contribution in [0.15, 0.2) is 67.5 Å². The molecule has 1 aliphatic heterocycles. The first-order valence-electron chi connectivity index (χ1n) is 14.2. The third-order valence-electron chi connectivity index (χ3n) is 7.99. The number of nitrogens with zero attached hydrogens (tertiary/aromatic N) is 8. The van der Waals surface area contributed by atoms with Gasteiger partial charge >= 0.3 is 0 Å². The summed E-state index contributed by atoms with van der Waals surface area (Å²) >= 11 is 0. The number of nitrogens with one attached hydrogen (secondary N) is 1. The molecule has 5 aromatic heterocycles. The first-order chi connectivity index (χ1) is 20.0. The van der Waals surface area contributed by atoms with Crippen LogP contribution in [-0.4, -0.2) is 66.3 Å². The van der Waals surface area contributed by atoms with E-state index in [9.17, 15) is 4.79 Å². The lowest BCUT2D eigenvalue weighted by molar-refractivity contribution is -0.117. The lowest BCUT2D eigenvalue weighted by Gasteiger charge is -2.35. The summed E-state index contributed by atoms with van der Waals surface area (Å²) in [5.74, 6) is 1.15. The molecular formula is C31H33N9O. The van der Waals surface area contributed by atoms with Crippen molar-refractivity contribution in [3.05, 3.63) is 78.8 Å². The molecule has 10 nitrogen and oxygen atoms in total. The van der Waals surface area contributed by atoms with Gasteiger partial charge in [-0.15, -0.1) is 0 Å². The maximum Gasteiger partial charge on any atom is 0.227 e. The van der Waals surface area contributed by atoms with Crippen molar-refractivity contribution in [1.29, 1.82) is 0 Å². The van der Waals surface area contributed by atoms with Gasteiger partial charge in [-0.1, -0.05) is 6.07 Å². The minimum absolute atomic E-state index is 0.0634. The van der Waals surface area contributed by atoms with Gasteiger partial charge in [0.1, 0.15) is 5.82 Å². The van der Waals surface area contributed by atoms with Gasteiger partial charge in [-0.25, -0.2) is 9.50 Å². The van der Waals surface area contributed by atoms with Crippen LogP contribution < -0.4 is 10.2 Å². The number of anilines is 2. The van der Waals surface area contributed by atoms with E-state index in [0.717, 1.165) is 90.5 Å². The van der Waals surface area contributed by atoms with Crippen LogP contribution in [-0.2, 0) is 18.4 Å². The molecule has 41 heavy (non-hydrogen) atoms. The highest BCUT2D eigenvalue weighted by molar-refractivity contribution is 6.01. The average molecular weight is 548 g/mol. The molecule has 0 radical (unpaired) electrons. The van der Waals surface area contributed by atoms with Crippen molar-refractivity contribution >= 4 is 22.9 Å². The molecule has 0 spiro atoms. The fourth-order valence-electron chi connectivity index (χ4n) is 5.46. The van der Waals surface area contributed by atoms with Gasteiger partial charge in [0.05, 0.1) is 23.6 Å². The van der Waals surface area contributed by atoms with Gasteiger partial charge < -0.3 is 10.2 Å². The maximum atomic E-state index is 12.6. The van der Waals surface area contributed by atoms with Crippen LogP contribution in [0, 0.1) is 12.8 Å². The first kappa shape index (κ1) is 25.4. The standard InChI is InChI=1S/C31H33N9O/c1-21-3-4-22(14-32-21)18-38-9-11-39(12-10-38)29-8-7-24(15-33-29)27-13-25(26-16-34-37(2)19-26)20-40-30(27)28(17-35-40)36-31(41)23-5-6-23/h3-4,7-8,13-17,19-20,23H,5-6,9-12,18H2,1-2H3,(H,36,41). The number of pyridine rings is 3. The monoisotopic (exact) mass is 547 g/mol. The molecule has 1 saturated carbocycles. The van der Waals surface area contributed by atoms with Gasteiger partial charge in [0, 0.05) is 98.4 Å². The summed E-state index contributed by atoms with van der Waals surface area (Å²) in [6.07, 6.45) is 13.4. The Labute approximate surface area is 238 Å². The Morgan fingerprint density at radius 3 is 2.44 bits per heavy atom. The molecule has 2 aliphatic rings. The molecule has 2 fully saturated rings. The Hall–Kier alpha value is -4.57. The zero-order valence-electron chi connectivity index (χ0n) is 23.4. The SMILES string of the molecule is Cc1ccc(CN2CCN(c3ccc(-c4cc(-c5cnn(C)c5)cn5ncc(NC(=O)C6CC6)c45)cn3)CC2)cn1. The normalized spacial score (nSPS) is 15.9. The van der Waals surface area contributed by atoms with Gasteiger partial charge in [0.15, 0.2) is 0 Å². The number of aromatic nitrogens is 6. The molecule has 208 valence electrons. The minimum Gasteiger partial charge on any atom is -0.354 e. The molecule has 10 heteroatoms. The van der Waals surface area contributed by atoms with Gasteiger partial charge in [-0.2, -0.15) is 10.2 Å². The van der Waals surface area contributed by atoms with E-state index in [4.69, 9.17) is 4.98 Å². The molecule has 0 bridgehead atoms. The second-order valence-corrected chi connectivity index (χ2v) is 11.1. The quantitative estimate of drug-likeness (QED) is 0.327. The molecule has 0 unspecified atom stereocenters. The topological polar surface area (TPSA) is 96.5 Å². The lowest BCUT2D eigenvalue weighted by atomic mass is 10.0. The molecule has 6 heterocycles. The third-order valence-corrected chi connectivity index (χ3v) is 7.99. The van der Waals surface area contributed by atoms with Crippen LogP contribution >= 0.6 is 0 Å². The Kier molecular flexibility index (Phi) is 6.47. The fourth-order valence-corrected chi connectivity index (χ4v) is 5.46. The highest BCUT2D eigenvalue weighted by atomic mass is 16.2. The van der Waals surface area contributed by atoms with Crippen LogP contribution in [0.3, 0.4) is 0 Å². The van der Waals surface area contributed by atoms with Crippen molar-refractivity contribution in [2.45, 2.75) is 26.3 Å². The molecule has 1 aliphatic carbocycles. The van der Waals surface area contributed by atoms with Crippen molar-refractivity contribution < 1.29 is 4.79 Å². The molecule has 1 saturated heterocycles. The van der Waals surface area contributed by atoms with Gasteiger partial charge in [0.25, 0.3) is 0 Å². The number of hydrogen-bond donors (Lipinski definition) is 1. The molecule has 0 atom stereocenters. The zero-order valence-corrected chi connectivity index (χ0v) is 23.4. The summed E-state index contributed by atoms with van der Waals surface area (Å²) in [6, 6.07) is 10.6. The largest absolute Gasteiger partial charge is 0.354 e. The van der Waals surface area contributed by atoms with E-state index in [2.05, 4.69) is 60.6 Å². The number of fused-ring (bicyclic) bond motifs is 1. The number of aryl methyl sites for hydroxylation is 2. The summed E-state index contributed by atoms with van der Waals surface area (Å²) < 4.78 is 3.63. The third kappa shape index (κ3) is 5.30. The van der Waals surface area contributed by atoms with E-state index in [1.54, 1.807) is 10.9 Å². The van der Waals surface area contributed by atoms with Crippen molar-refractivity contribution in [1.82, 2.24) is 34.3 Å². The van der Waals surface area contributed by atoms with Crippen molar-refractivity contribution in [2.75, 3.05) is 36.4 Å². The van der Waals surface area contributed by atoms with E-state index in [1.807, 2.05) is 49.5 Å². The smallest absolute Gasteiger partial charge is 0.227 e. The van der Waals surface area contributed by atoms with Crippen molar-refractivity contribution in [2.24, 2.45) is 13.0 Å². The second kappa shape index (κ2) is 10.4. The first-order valence-corrected chi connectivity index (χ1v) is 14.2. The van der Waals surface area contributed by atoms with E-state index >= 15 is 0 Å². The lowest BCUT2D eigenvalue weighted by Crippen LogP contribution is -2.46. The van der Waals surface area contributed by atoms with Crippen LogP contribution in [0.25, 0.3) is 27.8 Å². The highest BCUT2D eigenvalue weighted by Crippen LogP contribution is 2.36. The maximum absolute atomic E-state index is 12.6. The Morgan fingerprint density at radius 1 is 0.902 bits per heavy atom. The molecule has 0 aromatic carbocycles. The summed E-state index contributed by atoms with van der Waals surface area (Å²) in [4.78, 5) is 26.8. The van der Waals surface area contributed by atoms with Crippen LogP contribution in [0.1, 0.15) is 24.1 Å². The number of piperazine rings is 1. The summed E-state index contributed by atoms with van der Waals surface area (Å²) in [5, 5.41) is 12.1. The molecule has 1 N–H and O–H groups in total. The van der Waals surface area contributed by atoms with Crippen LogP contribution in [0.5, 0.6) is 0 Å². The number of carbonyl (C=O) groups is 1. The minimum atomic E-state index is 0.0634. The predicted molar refractivity (Wildman–Crippen MR) is 158 cm³/mol. The van der Waals surface area contributed by atoms with Gasteiger partial charge in [0.2, 0.25) is 5.91 Å². The Morgan fingerprint density at radius 2 is 1.76 bits per heavy atom. The summed E-state index contributed by atoms with van der Waals surface area (Å²) in [5.41, 5.74) is 7.80. The highest BCUT2D eigenvalue weighted by Gasteiger charge is 2.30. The predicted octanol–water partition coefficient (Wildman–Crippen LogP) is 4.17. The Bertz CT molecular complexity index is 1690. The fraction of sp³-hybridized carbons (Fsp3) is 0.323. The zero-order chi connectivity index (χ0) is 27.9. The van der Waals surface area contributed by atoms with E-state index in [0.29, 0.717) is 0 Å². The summed E-state index contributed by atoms with van der Waals surface area (Å²) in [7, 11) is 1.91. The number of rotatable bonds is 7. The number of carbonyl (C=O) groups excluding carboxylic acids is 1. The van der Waals surface area contributed by atoms with E-state index in [-0.39, 0.29) is 11.8 Å². The molecule has 5 aromatic rings. The second-order valence-electron chi connectivity index (χ2n) is 11.1. The van der Waals surface area contributed by atoms with E-state index < -0.39 is 0 Å². The van der Waals surface area contributed by atoms with E-state index in [1.165, 1.54) is 5.56 Å². The van der Waals surface area contributed by atoms with Crippen molar-refractivity contribution in [3.63, 3.8) is 0 Å². The van der Waals surface area contributed by atoms with Gasteiger partial charge in [-0.05, 0) is 49.6 Å². The molecule has 7 rings (SSSR count). The van der Waals surface area contributed by atoms with Crippen molar-refractivity contribution in [3.8, 4) is 22.3 Å².